The largest absolute Gasteiger partial charge is 0.352 e. The number of rotatable bonds is 9. The smallest absolute Gasteiger partial charge is 0.329 e. The van der Waals surface area contributed by atoms with E-state index in [9.17, 15) is 9.59 Å². The van der Waals surface area contributed by atoms with Crippen LogP contribution in [0.25, 0.3) is 11.0 Å². The van der Waals surface area contributed by atoms with Crippen LogP contribution in [0, 0.1) is 5.92 Å². The van der Waals surface area contributed by atoms with Crippen molar-refractivity contribution in [3.8, 4) is 0 Å². The highest BCUT2D eigenvalue weighted by Crippen LogP contribution is 2.13. The number of fused-ring (bicyclic) bond motifs is 1. The van der Waals surface area contributed by atoms with Crippen molar-refractivity contribution in [3.05, 3.63) is 34.7 Å². The second-order valence-electron chi connectivity index (χ2n) is 6.95. The van der Waals surface area contributed by atoms with Gasteiger partial charge in [-0.25, -0.2) is 4.79 Å². The van der Waals surface area contributed by atoms with Crippen LogP contribution in [0.5, 0.6) is 0 Å². The van der Waals surface area contributed by atoms with Crippen molar-refractivity contribution < 1.29 is 4.79 Å². The fraction of sp³-hybridized carbons (Fsp3) is 0.579. The van der Waals surface area contributed by atoms with Crippen LogP contribution in [0.15, 0.2) is 29.1 Å². The summed E-state index contributed by atoms with van der Waals surface area (Å²) < 4.78 is 3.49. The first kappa shape index (κ1) is 22.3. The van der Waals surface area contributed by atoms with Crippen molar-refractivity contribution >= 4 is 29.3 Å². The van der Waals surface area contributed by atoms with Crippen LogP contribution in [-0.2, 0) is 17.9 Å². The van der Waals surface area contributed by atoms with Gasteiger partial charge in [0.25, 0.3) is 0 Å². The fourth-order valence-electron chi connectivity index (χ4n) is 3.22. The van der Waals surface area contributed by atoms with Gasteiger partial charge in [-0.05, 0) is 30.9 Å². The van der Waals surface area contributed by atoms with Crippen molar-refractivity contribution in [2.45, 2.75) is 59.2 Å². The number of hydrogen-bond donors (Lipinski definition) is 2. The Hall–Kier alpha value is -1.79. The molecule has 0 aliphatic heterocycles. The SMILES string of the molecule is CCCn1c(=O)n(CCC(=O)NC(CN)CC(C)C)c2ccccc21.Cl. The van der Waals surface area contributed by atoms with Gasteiger partial charge in [0.1, 0.15) is 0 Å². The minimum absolute atomic E-state index is 0. The number of amides is 1. The number of nitrogens with one attached hydrogen (secondary N) is 1. The van der Waals surface area contributed by atoms with E-state index >= 15 is 0 Å². The molecule has 0 bridgehead atoms. The maximum absolute atomic E-state index is 12.7. The molecule has 1 heterocycles. The maximum atomic E-state index is 12.7. The number of benzene rings is 1. The molecule has 0 radical (unpaired) electrons. The number of carbonyl (C=O) groups is 1. The molecule has 2 aromatic rings. The molecule has 0 saturated heterocycles. The Bertz CT molecular complexity index is 766. The molecular formula is C19H31ClN4O2. The zero-order chi connectivity index (χ0) is 18.4. The summed E-state index contributed by atoms with van der Waals surface area (Å²) in [4.78, 5) is 24.9. The molecule has 0 fully saturated rings. The van der Waals surface area contributed by atoms with Gasteiger partial charge in [-0.1, -0.05) is 32.9 Å². The zero-order valence-electron chi connectivity index (χ0n) is 15.9. The minimum atomic E-state index is -0.0599. The van der Waals surface area contributed by atoms with E-state index in [1.165, 1.54) is 0 Å². The Balaban J connectivity index is 0.00000338. The van der Waals surface area contributed by atoms with E-state index in [1.54, 1.807) is 9.13 Å². The van der Waals surface area contributed by atoms with Gasteiger partial charge in [-0.15, -0.1) is 12.4 Å². The topological polar surface area (TPSA) is 82.0 Å². The summed E-state index contributed by atoms with van der Waals surface area (Å²) in [6, 6.07) is 7.73. The van der Waals surface area contributed by atoms with E-state index in [2.05, 4.69) is 19.2 Å². The maximum Gasteiger partial charge on any atom is 0.329 e. The van der Waals surface area contributed by atoms with Gasteiger partial charge in [0.2, 0.25) is 5.91 Å². The first-order valence-corrected chi connectivity index (χ1v) is 9.15. The van der Waals surface area contributed by atoms with Gasteiger partial charge in [0, 0.05) is 32.1 Å². The molecular weight excluding hydrogens is 352 g/mol. The van der Waals surface area contributed by atoms with Crippen LogP contribution in [0.1, 0.15) is 40.0 Å². The lowest BCUT2D eigenvalue weighted by Gasteiger charge is -2.18. The summed E-state index contributed by atoms with van der Waals surface area (Å²) in [5.74, 6) is 0.416. The average Bonchev–Trinajstić information content (AvgIpc) is 2.84. The predicted molar refractivity (Wildman–Crippen MR) is 109 cm³/mol. The second-order valence-corrected chi connectivity index (χ2v) is 6.95. The first-order valence-electron chi connectivity index (χ1n) is 9.15. The Morgan fingerprint density at radius 2 is 1.73 bits per heavy atom. The van der Waals surface area contributed by atoms with Crippen LogP contribution in [0.4, 0.5) is 0 Å². The van der Waals surface area contributed by atoms with E-state index in [-0.39, 0.29) is 36.5 Å². The molecule has 2 rings (SSSR count). The van der Waals surface area contributed by atoms with Gasteiger partial charge < -0.3 is 11.1 Å². The molecule has 1 atom stereocenters. The molecule has 0 aliphatic rings. The highest BCUT2D eigenvalue weighted by molar-refractivity contribution is 5.85. The van der Waals surface area contributed by atoms with Crippen molar-refractivity contribution in [1.82, 2.24) is 14.5 Å². The van der Waals surface area contributed by atoms with Crippen molar-refractivity contribution in [2.75, 3.05) is 6.54 Å². The first-order chi connectivity index (χ1) is 12.0. The quantitative estimate of drug-likeness (QED) is 0.699. The monoisotopic (exact) mass is 382 g/mol. The minimum Gasteiger partial charge on any atom is -0.352 e. The highest BCUT2D eigenvalue weighted by atomic mass is 35.5. The van der Waals surface area contributed by atoms with Crippen LogP contribution >= 0.6 is 12.4 Å². The third kappa shape index (κ3) is 5.35. The molecule has 6 nitrogen and oxygen atoms in total. The molecule has 146 valence electrons. The lowest BCUT2D eigenvalue weighted by atomic mass is 10.0. The van der Waals surface area contributed by atoms with Gasteiger partial charge >= 0.3 is 5.69 Å². The fourth-order valence-corrected chi connectivity index (χ4v) is 3.22. The third-order valence-corrected chi connectivity index (χ3v) is 4.34. The molecule has 1 aromatic carbocycles. The van der Waals surface area contributed by atoms with Crippen molar-refractivity contribution in [2.24, 2.45) is 11.7 Å². The normalized spacial score (nSPS) is 12.2. The van der Waals surface area contributed by atoms with Crippen molar-refractivity contribution in [3.63, 3.8) is 0 Å². The van der Waals surface area contributed by atoms with E-state index in [4.69, 9.17) is 5.73 Å². The lowest BCUT2D eigenvalue weighted by Crippen LogP contribution is -2.41. The van der Waals surface area contributed by atoms with Gasteiger partial charge in [-0.2, -0.15) is 0 Å². The van der Waals surface area contributed by atoms with Gasteiger partial charge in [-0.3, -0.25) is 13.9 Å². The molecule has 1 unspecified atom stereocenters. The number of carbonyl (C=O) groups excluding carboxylic acids is 1. The molecule has 0 aliphatic carbocycles. The molecule has 3 N–H and O–H groups in total. The molecule has 1 aromatic heterocycles. The van der Waals surface area contributed by atoms with Crippen LogP contribution in [0.2, 0.25) is 0 Å². The molecule has 0 saturated carbocycles. The van der Waals surface area contributed by atoms with Gasteiger partial charge in [0.05, 0.1) is 11.0 Å². The number of nitrogens with zero attached hydrogens (tertiary/aromatic N) is 2. The Morgan fingerprint density at radius 1 is 1.15 bits per heavy atom. The summed E-state index contributed by atoms with van der Waals surface area (Å²) in [6.45, 7) is 7.75. The predicted octanol–water partition coefficient (Wildman–Crippen LogP) is 2.51. The summed E-state index contributed by atoms with van der Waals surface area (Å²) in [6.07, 6.45) is 2.02. The van der Waals surface area contributed by atoms with Crippen LogP contribution < -0.4 is 16.7 Å². The average molecular weight is 383 g/mol. The van der Waals surface area contributed by atoms with Gasteiger partial charge in [0.15, 0.2) is 0 Å². The second kappa shape index (κ2) is 10.4. The number of para-hydroxylation sites is 2. The van der Waals surface area contributed by atoms with E-state index in [0.717, 1.165) is 23.9 Å². The summed E-state index contributed by atoms with van der Waals surface area (Å²) in [5.41, 5.74) is 7.50. The number of aromatic nitrogens is 2. The van der Waals surface area contributed by atoms with E-state index in [1.807, 2.05) is 31.2 Å². The summed E-state index contributed by atoms with van der Waals surface area (Å²) >= 11 is 0. The third-order valence-electron chi connectivity index (χ3n) is 4.34. The molecule has 26 heavy (non-hydrogen) atoms. The highest BCUT2D eigenvalue weighted by Gasteiger charge is 2.15. The standard InChI is InChI=1S/C19H30N4O2.ClH/c1-4-10-22-16-7-5-6-8-17(16)23(19(22)25)11-9-18(24)21-15(13-20)12-14(2)3;/h5-8,14-15H,4,9-13,20H2,1-3H3,(H,21,24);1H. The molecule has 7 heteroatoms. The van der Waals surface area contributed by atoms with E-state index in [0.29, 0.717) is 25.6 Å². The van der Waals surface area contributed by atoms with Crippen LogP contribution in [-0.4, -0.2) is 27.6 Å². The van der Waals surface area contributed by atoms with Crippen LogP contribution in [0.3, 0.4) is 0 Å². The summed E-state index contributed by atoms with van der Waals surface area (Å²) in [5, 5.41) is 2.98. The van der Waals surface area contributed by atoms with E-state index < -0.39 is 0 Å². The number of nitrogens with two attached hydrogens (primary N) is 1. The number of imidazole rings is 1. The number of hydrogen-bond acceptors (Lipinski definition) is 3. The Labute approximate surface area is 161 Å². The molecule has 1 amide bonds. The molecule has 0 spiro atoms. The zero-order valence-corrected chi connectivity index (χ0v) is 16.7. The van der Waals surface area contributed by atoms with Crippen molar-refractivity contribution in [1.29, 1.82) is 0 Å². The number of aryl methyl sites for hydroxylation is 2. The summed E-state index contributed by atoms with van der Waals surface area (Å²) in [7, 11) is 0. The Kier molecular flexibility index (Phi) is 8.88. The lowest BCUT2D eigenvalue weighted by molar-refractivity contribution is -0.122. The Morgan fingerprint density at radius 3 is 2.23 bits per heavy atom. The number of halogens is 1.